The number of pyridine rings is 1. The molecular weight excluding hydrogens is 272 g/mol. The molecule has 1 heterocycles. The van der Waals surface area contributed by atoms with Crippen LogP contribution in [0.2, 0.25) is 5.02 Å². The van der Waals surface area contributed by atoms with Gasteiger partial charge in [0.25, 0.3) is 0 Å². The van der Waals surface area contributed by atoms with Gasteiger partial charge < -0.3 is 10.1 Å². The molecule has 0 unspecified atom stereocenters. The lowest BCUT2D eigenvalue weighted by Gasteiger charge is -2.20. The minimum absolute atomic E-state index is 0.0437. The molecule has 0 amide bonds. The molecule has 0 saturated carbocycles. The Balaban J connectivity index is 2.48. The van der Waals surface area contributed by atoms with Crippen molar-refractivity contribution in [2.24, 2.45) is 0 Å². The van der Waals surface area contributed by atoms with Gasteiger partial charge in [-0.3, -0.25) is 0 Å². The number of hydrogen-bond acceptors (Lipinski definition) is 3. The minimum atomic E-state index is 0.0437. The van der Waals surface area contributed by atoms with Crippen molar-refractivity contribution in [1.82, 2.24) is 10.3 Å². The number of halogens is 1. The van der Waals surface area contributed by atoms with E-state index in [-0.39, 0.29) is 5.54 Å². The van der Waals surface area contributed by atoms with Gasteiger partial charge in [-0.2, -0.15) is 0 Å². The molecule has 1 N–H and O–H groups in total. The lowest BCUT2D eigenvalue weighted by atomic mass is 10.1. The SMILES string of the molecule is CCCCCCOc1ccc(Cl)c(CNC(C)(C)C)n1. The first kappa shape index (κ1) is 17.3. The third-order valence-corrected chi connectivity index (χ3v) is 3.27. The Bertz CT molecular complexity index is 402. The van der Waals surface area contributed by atoms with Crippen molar-refractivity contribution in [2.75, 3.05) is 6.61 Å². The molecule has 0 aromatic carbocycles. The van der Waals surface area contributed by atoms with Gasteiger partial charge in [0.1, 0.15) is 0 Å². The number of rotatable bonds is 8. The summed E-state index contributed by atoms with van der Waals surface area (Å²) in [4.78, 5) is 4.48. The van der Waals surface area contributed by atoms with Gasteiger partial charge in [-0.05, 0) is 33.3 Å². The maximum Gasteiger partial charge on any atom is 0.213 e. The fourth-order valence-corrected chi connectivity index (χ4v) is 1.90. The van der Waals surface area contributed by atoms with E-state index in [2.05, 4.69) is 38.0 Å². The number of hydrogen-bond donors (Lipinski definition) is 1. The number of aromatic nitrogens is 1. The Labute approximate surface area is 128 Å². The number of unbranched alkanes of at least 4 members (excludes halogenated alkanes) is 3. The van der Waals surface area contributed by atoms with Crippen LogP contribution >= 0.6 is 11.6 Å². The van der Waals surface area contributed by atoms with E-state index in [1.807, 2.05) is 12.1 Å². The first-order valence-electron chi connectivity index (χ1n) is 7.45. The summed E-state index contributed by atoms with van der Waals surface area (Å²) in [5, 5.41) is 4.07. The van der Waals surface area contributed by atoms with Gasteiger partial charge in [0.2, 0.25) is 5.88 Å². The normalized spacial score (nSPS) is 11.7. The molecule has 4 heteroatoms. The second-order valence-corrected chi connectivity index (χ2v) is 6.50. The van der Waals surface area contributed by atoms with Gasteiger partial charge in [-0.25, -0.2) is 4.98 Å². The topological polar surface area (TPSA) is 34.1 Å². The largest absolute Gasteiger partial charge is 0.478 e. The van der Waals surface area contributed by atoms with E-state index < -0.39 is 0 Å². The molecule has 0 atom stereocenters. The molecule has 0 aliphatic rings. The molecule has 0 bridgehead atoms. The Kier molecular flexibility index (Phi) is 7.31. The molecule has 0 fully saturated rings. The summed E-state index contributed by atoms with van der Waals surface area (Å²) in [5.41, 5.74) is 0.884. The van der Waals surface area contributed by atoms with Gasteiger partial charge in [0.15, 0.2) is 0 Å². The van der Waals surface area contributed by atoms with Crippen LogP contribution in [-0.2, 0) is 6.54 Å². The van der Waals surface area contributed by atoms with Crippen LogP contribution < -0.4 is 10.1 Å². The van der Waals surface area contributed by atoms with Crippen molar-refractivity contribution < 1.29 is 4.74 Å². The van der Waals surface area contributed by atoms with Crippen LogP contribution in [0.25, 0.3) is 0 Å². The molecule has 0 radical (unpaired) electrons. The predicted octanol–water partition coefficient (Wildman–Crippen LogP) is 4.58. The van der Waals surface area contributed by atoms with Crippen molar-refractivity contribution >= 4 is 11.6 Å². The van der Waals surface area contributed by atoms with Crippen LogP contribution in [0.15, 0.2) is 12.1 Å². The zero-order chi connectivity index (χ0) is 15.0. The second-order valence-electron chi connectivity index (χ2n) is 6.09. The third kappa shape index (κ3) is 7.11. The number of nitrogens with one attached hydrogen (secondary N) is 1. The molecule has 0 aliphatic heterocycles. The van der Waals surface area contributed by atoms with Gasteiger partial charge in [-0.1, -0.05) is 37.8 Å². The van der Waals surface area contributed by atoms with Gasteiger partial charge in [-0.15, -0.1) is 0 Å². The fraction of sp³-hybridized carbons (Fsp3) is 0.688. The molecule has 20 heavy (non-hydrogen) atoms. The predicted molar refractivity (Wildman–Crippen MR) is 85.5 cm³/mol. The van der Waals surface area contributed by atoms with Crippen molar-refractivity contribution in [1.29, 1.82) is 0 Å². The average Bonchev–Trinajstić information content (AvgIpc) is 2.38. The standard InChI is InChI=1S/C16H27ClN2O/c1-5-6-7-8-11-20-15-10-9-13(17)14(19-15)12-18-16(2,3)4/h9-10,18H,5-8,11-12H2,1-4H3. The van der Waals surface area contributed by atoms with Gasteiger partial charge >= 0.3 is 0 Å². The van der Waals surface area contributed by atoms with E-state index in [0.29, 0.717) is 17.4 Å². The zero-order valence-corrected chi connectivity index (χ0v) is 13.9. The van der Waals surface area contributed by atoms with Crippen LogP contribution in [0.4, 0.5) is 0 Å². The fourth-order valence-electron chi connectivity index (χ4n) is 1.72. The highest BCUT2D eigenvalue weighted by molar-refractivity contribution is 6.31. The Morgan fingerprint density at radius 1 is 1.20 bits per heavy atom. The summed E-state index contributed by atoms with van der Waals surface area (Å²) in [6.45, 7) is 9.94. The lowest BCUT2D eigenvalue weighted by Crippen LogP contribution is -2.35. The maximum atomic E-state index is 6.17. The molecule has 0 saturated heterocycles. The molecule has 0 aliphatic carbocycles. The monoisotopic (exact) mass is 298 g/mol. The quantitative estimate of drug-likeness (QED) is 0.713. The highest BCUT2D eigenvalue weighted by Crippen LogP contribution is 2.19. The van der Waals surface area contributed by atoms with E-state index in [1.165, 1.54) is 19.3 Å². The highest BCUT2D eigenvalue weighted by atomic mass is 35.5. The Hall–Kier alpha value is -0.800. The van der Waals surface area contributed by atoms with E-state index >= 15 is 0 Å². The molecule has 0 spiro atoms. The number of nitrogens with zero attached hydrogens (tertiary/aromatic N) is 1. The summed E-state index contributed by atoms with van der Waals surface area (Å²) in [7, 11) is 0. The van der Waals surface area contributed by atoms with Crippen LogP contribution in [0, 0.1) is 0 Å². The first-order valence-corrected chi connectivity index (χ1v) is 7.83. The van der Waals surface area contributed by atoms with E-state index in [4.69, 9.17) is 16.3 Å². The number of ether oxygens (including phenoxy) is 1. The summed E-state index contributed by atoms with van der Waals surface area (Å²) < 4.78 is 5.68. The zero-order valence-electron chi connectivity index (χ0n) is 13.1. The van der Waals surface area contributed by atoms with Crippen molar-refractivity contribution in [3.05, 3.63) is 22.8 Å². The highest BCUT2D eigenvalue weighted by Gasteiger charge is 2.11. The first-order chi connectivity index (χ1) is 9.42. The minimum Gasteiger partial charge on any atom is -0.478 e. The molecule has 1 aromatic heterocycles. The van der Waals surface area contributed by atoms with Crippen LogP contribution in [-0.4, -0.2) is 17.1 Å². The van der Waals surface area contributed by atoms with Gasteiger partial charge in [0, 0.05) is 18.2 Å². The Morgan fingerprint density at radius 3 is 2.60 bits per heavy atom. The molecular formula is C16H27ClN2O. The van der Waals surface area contributed by atoms with Crippen LogP contribution in [0.5, 0.6) is 5.88 Å². The van der Waals surface area contributed by atoms with Crippen molar-refractivity contribution in [3.8, 4) is 5.88 Å². The van der Waals surface area contributed by atoms with Crippen molar-refractivity contribution in [3.63, 3.8) is 0 Å². The maximum absolute atomic E-state index is 6.17. The van der Waals surface area contributed by atoms with E-state index in [1.54, 1.807) is 0 Å². The second kappa shape index (κ2) is 8.48. The lowest BCUT2D eigenvalue weighted by molar-refractivity contribution is 0.292. The van der Waals surface area contributed by atoms with E-state index in [9.17, 15) is 0 Å². The smallest absolute Gasteiger partial charge is 0.213 e. The van der Waals surface area contributed by atoms with Crippen LogP contribution in [0.1, 0.15) is 59.1 Å². The third-order valence-electron chi connectivity index (χ3n) is 2.93. The average molecular weight is 299 g/mol. The summed E-state index contributed by atoms with van der Waals surface area (Å²) in [6, 6.07) is 3.69. The van der Waals surface area contributed by atoms with Crippen LogP contribution in [0.3, 0.4) is 0 Å². The Morgan fingerprint density at radius 2 is 1.95 bits per heavy atom. The molecule has 3 nitrogen and oxygen atoms in total. The molecule has 1 aromatic rings. The summed E-state index contributed by atoms with van der Waals surface area (Å²) >= 11 is 6.17. The van der Waals surface area contributed by atoms with E-state index in [0.717, 1.165) is 18.7 Å². The van der Waals surface area contributed by atoms with Gasteiger partial charge in [0.05, 0.1) is 17.3 Å². The molecule has 114 valence electrons. The summed E-state index contributed by atoms with van der Waals surface area (Å²) in [5.74, 6) is 0.664. The summed E-state index contributed by atoms with van der Waals surface area (Å²) in [6.07, 6.45) is 4.79. The van der Waals surface area contributed by atoms with Crippen molar-refractivity contribution in [2.45, 2.75) is 65.5 Å². The molecule has 1 rings (SSSR count).